The highest BCUT2D eigenvalue weighted by atomic mass is 16.5. The molecule has 0 bridgehead atoms. The maximum atomic E-state index is 5.32. The van der Waals surface area contributed by atoms with Crippen molar-refractivity contribution in [3.63, 3.8) is 0 Å². The lowest BCUT2D eigenvalue weighted by molar-refractivity contribution is 0.0834. The van der Waals surface area contributed by atoms with Crippen LogP contribution in [0, 0.1) is 19.3 Å². The lowest BCUT2D eigenvalue weighted by Crippen LogP contribution is -2.49. The highest BCUT2D eigenvalue weighted by Gasteiger charge is 2.38. The first kappa shape index (κ1) is 16.6. The first-order chi connectivity index (χ1) is 12.2. The van der Waals surface area contributed by atoms with Crippen molar-refractivity contribution in [2.75, 3.05) is 31.1 Å². The van der Waals surface area contributed by atoms with Crippen LogP contribution in [-0.4, -0.2) is 41.2 Å². The van der Waals surface area contributed by atoms with E-state index in [1.54, 1.807) is 0 Å². The van der Waals surface area contributed by atoms with Crippen LogP contribution in [0.15, 0.2) is 29.0 Å². The number of hydrogen-bond acceptors (Lipinski definition) is 5. The third-order valence-electron chi connectivity index (χ3n) is 6.15. The summed E-state index contributed by atoms with van der Waals surface area (Å²) in [6, 6.07) is 4.24. The summed E-state index contributed by atoms with van der Waals surface area (Å²) in [7, 11) is 0. The van der Waals surface area contributed by atoms with Gasteiger partial charge in [0.1, 0.15) is 5.76 Å². The summed E-state index contributed by atoms with van der Waals surface area (Å²) in [5.74, 6) is 0.971. The van der Waals surface area contributed by atoms with Gasteiger partial charge in [-0.1, -0.05) is 5.16 Å². The molecule has 25 heavy (non-hydrogen) atoms. The number of aryl methyl sites for hydroxylation is 2. The minimum absolute atomic E-state index is 0.476. The van der Waals surface area contributed by atoms with Gasteiger partial charge in [0.2, 0.25) is 0 Å². The van der Waals surface area contributed by atoms with E-state index in [0.29, 0.717) is 5.41 Å². The summed E-state index contributed by atoms with van der Waals surface area (Å²) in [6.07, 6.45) is 9.09. The Morgan fingerprint density at radius 1 is 1.16 bits per heavy atom. The third-order valence-corrected chi connectivity index (χ3v) is 6.15. The van der Waals surface area contributed by atoms with Gasteiger partial charge >= 0.3 is 0 Å². The van der Waals surface area contributed by atoms with E-state index in [1.807, 2.05) is 32.3 Å². The Labute approximate surface area is 150 Å². The zero-order chi connectivity index (χ0) is 17.3. The van der Waals surface area contributed by atoms with Gasteiger partial charge in [0.25, 0.3) is 0 Å². The zero-order valence-corrected chi connectivity index (χ0v) is 15.4. The van der Waals surface area contributed by atoms with Crippen LogP contribution >= 0.6 is 0 Å². The van der Waals surface area contributed by atoms with Gasteiger partial charge in [0.05, 0.1) is 17.6 Å². The molecule has 2 aromatic rings. The standard InChI is InChI=1S/C20H28N4O/c1-16-19(17(2)25-22-16)14-23-11-7-20(8-12-23)6-4-10-24(15-20)18-5-3-9-21-13-18/h3,5,9,13H,4,6-8,10-12,14-15H2,1-2H3. The molecule has 0 radical (unpaired) electrons. The SMILES string of the molecule is Cc1noc(C)c1CN1CCC2(CCCN(c3cccnc3)C2)CC1. The molecule has 4 rings (SSSR count). The fraction of sp³-hybridized carbons (Fsp3) is 0.600. The van der Waals surface area contributed by atoms with Crippen LogP contribution in [0.4, 0.5) is 5.69 Å². The van der Waals surface area contributed by atoms with Gasteiger partial charge in [-0.2, -0.15) is 0 Å². The Morgan fingerprint density at radius 2 is 2.00 bits per heavy atom. The minimum Gasteiger partial charge on any atom is -0.370 e. The third kappa shape index (κ3) is 3.43. The van der Waals surface area contributed by atoms with Crippen molar-refractivity contribution < 1.29 is 4.52 Å². The smallest absolute Gasteiger partial charge is 0.138 e. The normalized spacial score (nSPS) is 21.0. The van der Waals surface area contributed by atoms with E-state index in [1.165, 1.54) is 56.6 Å². The van der Waals surface area contributed by atoms with E-state index in [-0.39, 0.29) is 0 Å². The molecule has 0 amide bonds. The number of pyridine rings is 1. The molecule has 5 nitrogen and oxygen atoms in total. The molecule has 0 unspecified atom stereocenters. The Morgan fingerprint density at radius 3 is 2.68 bits per heavy atom. The molecule has 2 aliphatic heterocycles. The molecular weight excluding hydrogens is 312 g/mol. The molecule has 4 heterocycles. The number of nitrogens with zero attached hydrogens (tertiary/aromatic N) is 4. The Bertz CT molecular complexity index is 684. The van der Waals surface area contributed by atoms with E-state index < -0.39 is 0 Å². The quantitative estimate of drug-likeness (QED) is 0.855. The number of piperidine rings is 2. The van der Waals surface area contributed by atoms with Gasteiger partial charge in [-0.25, -0.2) is 0 Å². The van der Waals surface area contributed by atoms with Gasteiger partial charge in [0.15, 0.2) is 0 Å². The van der Waals surface area contributed by atoms with Crippen molar-refractivity contribution in [2.24, 2.45) is 5.41 Å². The predicted molar refractivity (Wildman–Crippen MR) is 98.6 cm³/mol. The van der Waals surface area contributed by atoms with Crippen LogP contribution in [0.5, 0.6) is 0 Å². The minimum atomic E-state index is 0.476. The molecule has 2 aliphatic rings. The molecule has 5 heteroatoms. The highest BCUT2D eigenvalue weighted by molar-refractivity contribution is 5.44. The summed E-state index contributed by atoms with van der Waals surface area (Å²) < 4.78 is 5.32. The Balaban J connectivity index is 1.39. The average Bonchev–Trinajstić information content (AvgIpc) is 2.97. The van der Waals surface area contributed by atoms with E-state index in [4.69, 9.17) is 4.52 Å². The summed E-state index contributed by atoms with van der Waals surface area (Å²) in [5, 5.41) is 4.09. The molecule has 0 aromatic carbocycles. The van der Waals surface area contributed by atoms with Crippen molar-refractivity contribution in [1.82, 2.24) is 15.0 Å². The van der Waals surface area contributed by atoms with Crippen LogP contribution in [0.25, 0.3) is 0 Å². The van der Waals surface area contributed by atoms with Crippen molar-refractivity contribution in [2.45, 2.75) is 46.1 Å². The molecule has 0 saturated carbocycles. The number of rotatable bonds is 3. The van der Waals surface area contributed by atoms with Crippen LogP contribution in [-0.2, 0) is 6.54 Å². The van der Waals surface area contributed by atoms with Crippen LogP contribution in [0.2, 0.25) is 0 Å². The predicted octanol–water partition coefficient (Wildman–Crippen LogP) is 3.57. The van der Waals surface area contributed by atoms with Crippen molar-refractivity contribution in [3.05, 3.63) is 41.5 Å². The van der Waals surface area contributed by atoms with Gasteiger partial charge in [-0.3, -0.25) is 9.88 Å². The molecule has 0 aliphatic carbocycles. The highest BCUT2D eigenvalue weighted by Crippen LogP contribution is 2.41. The van der Waals surface area contributed by atoms with Crippen molar-refractivity contribution >= 4 is 5.69 Å². The maximum absolute atomic E-state index is 5.32. The average molecular weight is 340 g/mol. The largest absolute Gasteiger partial charge is 0.370 e. The molecule has 134 valence electrons. The van der Waals surface area contributed by atoms with Gasteiger partial charge in [-0.15, -0.1) is 0 Å². The monoisotopic (exact) mass is 340 g/mol. The molecule has 0 N–H and O–H groups in total. The lowest BCUT2D eigenvalue weighted by Gasteiger charge is -2.48. The second-order valence-corrected chi connectivity index (χ2v) is 7.82. The first-order valence-electron chi connectivity index (χ1n) is 9.44. The molecule has 2 saturated heterocycles. The number of hydrogen-bond donors (Lipinski definition) is 0. The zero-order valence-electron chi connectivity index (χ0n) is 15.4. The van der Waals surface area contributed by atoms with Crippen LogP contribution in [0.3, 0.4) is 0 Å². The van der Waals surface area contributed by atoms with E-state index in [9.17, 15) is 0 Å². The van der Waals surface area contributed by atoms with E-state index >= 15 is 0 Å². The second-order valence-electron chi connectivity index (χ2n) is 7.82. The number of likely N-dealkylation sites (tertiary alicyclic amines) is 1. The maximum Gasteiger partial charge on any atom is 0.138 e. The Kier molecular flexibility index (Phi) is 4.50. The summed E-state index contributed by atoms with van der Waals surface area (Å²) in [6.45, 7) is 9.73. The number of aromatic nitrogens is 2. The fourth-order valence-electron chi connectivity index (χ4n) is 4.51. The van der Waals surface area contributed by atoms with E-state index in [2.05, 4.69) is 26.0 Å². The molecule has 0 atom stereocenters. The van der Waals surface area contributed by atoms with E-state index in [0.717, 1.165) is 24.5 Å². The molecule has 2 fully saturated rings. The first-order valence-corrected chi connectivity index (χ1v) is 9.44. The van der Waals surface area contributed by atoms with Gasteiger partial charge in [-0.05, 0) is 70.2 Å². The summed E-state index contributed by atoms with van der Waals surface area (Å²) >= 11 is 0. The fourth-order valence-corrected chi connectivity index (χ4v) is 4.51. The summed E-state index contributed by atoms with van der Waals surface area (Å²) in [5.41, 5.74) is 4.07. The van der Waals surface area contributed by atoms with Gasteiger partial charge in [0, 0.05) is 31.4 Å². The molecule has 2 aromatic heterocycles. The Hall–Kier alpha value is -1.88. The number of anilines is 1. The second kappa shape index (κ2) is 6.79. The topological polar surface area (TPSA) is 45.4 Å². The van der Waals surface area contributed by atoms with Crippen LogP contribution < -0.4 is 4.90 Å². The molecular formula is C20H28N4O. The van der Waals surface area contributed by atoms with Crippen molar-refractivity contribution in [3.8, 4) is 0 Å². The summed E-state index contributed by atoms with van der Waals surface area (Å²) in [4.78, 5) is 9.41. The van der Waals surface area contributed by atoms with Crippen LogP contribution in [0.1, 0.15) is 42.7 Å². The van der Waals surface area contributed by atoms with Gasteiger partial charge < -0.3 is 9.42 Å². The molecule has 1 spiro atoms. The lowest BCUT2D eigenvalue weighted by atomic mass is 9.72. The van der Waals surface area contributed by atoms with Crippen molar-refractivity contribution in [1.29, 1.82) is 0 Å².